The van der Waals surface area contributed by atoms with Crippen molar-refractivity contribution in [2.75, 3.05) is 5.75 Å². The number of hydrogen-bond donors (Lipinski definition) is 0. The summed E-state index contributed by atoms with van der Waals surface area (Å²) in [6.45, 7) is 5.75. The van der Waals surface area contributed by atoms with Crippen LogP contribution in [0, 0.1) is 5.92 Å². The predicted octanol–water partition coefficient (Wildman–Crippen LogP) is 2.94. The summed E-state index contributed by atoms with van der Waals surface area (Å²) in [4.78, 5) is 0. The van der Waals surface area contributed by atoms with E-state index in [9.17, 15) is 8.42 Å². The Hall–Kier alpha value is -0.0200. The van der Waals surface area contributed by atoms with Gasteiger partial charge in [-0.3, -0.25) is 0 Å². The highest BCUT2D eigenvalue weighted by atomic mass is 35.7. The molecule has 1 atom stereocenters. The zero-order chi connectivity index (χ0) is 10.3. The van der Waals surface area contributed by atoms with E-state index in [1.54, 1.807) is 0 Å². The monoisotopic (exact) mass is 224 g/mol. The Balaban J connectivity index is 3.47. The van der Waals surface area contributed by atoms with Crippen LogP contribution < -0.4 is 0 Å². The van der Waals surface area contributed by atoms with Crippen molar-refractivity contribution in [1.82, 2.24) is 0 Å². The standard InChI is InChI=1S/C9H17ClO2S/c1-3-4-6-9(2)7-5-8-13(10,11)12/h3,9H,1,4-8H2,2H3. The average Bonchev–Trinajstić information content (AvgIpc) is 1.98. The summed E-state index contributed by atoms with van der Waals surface area (Å²) in [5.74, 6) is 0.643. The lowest BCUT2D eigenvalue weighted by Gasteiger charge is -2.08. The van der Waals surface area contributed by atoms with Crippen LogP contribution in [0.1, 0.15) is 32.6 Å². The van der Waals surface area contributed by atoms with E-state index in [-0.39, 0.29) is 5.75 Å². The van der Waals surface area contributed by atoms with Crippen molar-refractivity contribution in [1.29, 1.82) is 0 Å². The summed E-state index contributed by atoms with van der Waals surface area (Å²) >= 11 is 0. The Morgan fingerprint density at radius 1 is 1.46 bits per heavy atom. The van der Waals surface area contributed by atoms with Crippen LogP contribution in [-0.4, -0.2) is 14.2 Å². The Kier molecular flexibility index (Phi) is 6.43. The minimum Gasteiger partial charge on any atom is -0.212 e. The van der Waals surface area contributed by atoms with Gasteiger partial charge in [-0.15, -0.1) is 6.58 Å². The van der Waals surface area contributed by atoms with Gasteiger partial charge >= 0.3 is 0 Å². The van der Waals surface area contributed by atoms with Crippen molar-refractivity contribution in [3.63, 3.8) is 0 Å². The zero-order valence-corrected chi connectivity index (χ0v) is 9.57. The number of rotatable bonds is 7. The van der Waals surface area contributed by atoms with E-state index in [0.29, 0.717) is 12.3 Å². The molecule has 1 unspecified atom stereocenters. The Bertz CT molecular complexity index is 234. The molecule has 0 spiro atoms. The minimum atomic E-state index is -3.29. The molecule has 4 heteroatoms. The van der Waals surface area contributed by atoms with E-state index in [1.807, 2.05) is 6.08 Å². The summed E-state index contributed by atoms with van der Waals surface area (Å²) in [5.41, 5.74) is 0. The van der Waals surface area contributed by atoms with Gasteiger partial charge in [0, 0.05) is 10.7 Å². The first-order valence-electron chi connectivity index (χ1n) is 4.49. The van der Waals surface area contributed by atoms with Gasteiger partial charge in [0.05, 0.1) is 5.75 Å². The van der Waals surface area contributed by atoms with Gasteiger partial charge in [-0.1, -0.05) is 13.0 Å². The van der Waals surface area contributed by atoms with Gasteiger partial charge < -0.3 is 0 Å². The molecule has 78 valence electrons. The van der Waals surface area contributed by atoms with Crippen molar-refractivity contribution in [2.45, 2.75) is 32.6 Å². The lowest BCUT2D eigenvalue weighted by atomic mass is 10.0. The van der Waals surface area contributed by atoms with Crippen LogP contribution in [0.2, 0.25) is 0 Å². The van der Waals surface area contributed by atoms with Gasteiger partial charge in [-0.05, 0) is 31.6 Å². The number of allylic oxidation sites excluding steroid dienone is 1. The van der Waals surface area contributed by atoms with E-state index in [0.717, 1.165) is 19.3 Å². The molecule has 0 aromatic carbocycles. The van der Waals surface area contributed by atoms with Crippen LogP contribution in [0.15, 0.2) is 12.7 Å². The van der Waals surface area contributed by atoms with Crippen LogP contribution in [0.5, 0.6) is 0 Å². The van der Waals surface area contributed by atoms with E-state index >= 15 is 0 Å². The van der Waals surface area contributed by atoms with Gasteiger partial charge in [-0.2, -0.15) is 0 Å². The van der Waals surface area contributed by atoms with Crippen LogP contribution in [0.25, 0.3) is 0 Å². The molecule has 0 radical (unpaired) electrons. The minimum absolute atomic E-state index is 0.0903. The second-order valence-corrected chi connectivity index (χ2v) is 6.25. The highest BCUT2D eigenvalue weighted by Gasteiger charge is 2.06. The van der Waals surface area contributed by atoms with Crippen molar-refractivity contribution in [3.05, 3.63) is 12.7 Å². The van der Waals surface area contributed by atoms with Gasteiger partial charge in [0.2, 0.25) is 9.05 Å². The molecule has 0 bridgehead atoms. The van der Waals surface area contributed by atoms with Crippen molar-refractivity contribution in [2.24, 2.45) is 5.92 Å². The third-order valence-electron chi connectivity index (χ3n) is 1.95. The maximum absolute atomic E-state index is 10.6. The maximum Gasteiger partial charge on any atom is 0.232 e. The molecule has 0 saturated carbocycles. The molecule has 0 fully saturated rings. The summed E-state index contributed by atoms with van der Waals surface area (Å²) < 4.78 is 21.2. The van der Waals surface area contributed by atoms with E-state index in [1.165, 1.54) is 0 Å². The fourth-order valence-corrected chi connectivity index (χ4v) is 1.99. The Morgan fingerprint density at radius 3 is 2.54 bits per heavy atom. The highest BCUT2D eigenvalue weighted by Crippen LogP contribution is 2.14. The molecular formula is C9H17ClO2S. The molecule has 0 aliphatic heterocycles. The lowest BCUT2D eigenvalue weighted by Crippen LogP contribution is -2.01. The van der Waals surface area contributed by atoms with Gasteiger partial charge in [0.25, 0.3) is 0 Å². The van der Waals surface area contributed by atoms with Crippen molar-refractivity contribution in [3.8, 4) is 0 Å². The van der Waals surface area contributed by atoms with Gasteiger partial charge in [0.15, 0.2) is 0 Å². The zero-order valence-electron chi connectivity index (χ0n) is 8.00. The van der Waals surface area contributed by atoms with E-state index in [4.69, 9.17) is 10.7 Å². The molecule has 0 aliphatic rings. The molecular weight excluding hydrogens is 208 g/mol. The topological polar surface area (TPSA) is 34.1 Å². The van der Waals surface area contributed by atoms with Crippen molar-refractivity contribution < 1.29 is 8.42 Å². The molecule has 0 N–H and O–H groups in total. The predicted molar refractivity (Wildman–Crippen MR) is 57.5 cm³/mol. The quantitative estimate of drug-likeness (QED) is 0.492. The maximum atomic E-state index is 10.6. The van der Waals surface area contributed by atoms with Crippen LogP contribution in [0.4, 0.5) is 0 Å². The summed E-state index contributed by atoms with van der Waals surface area (Å²) in [5, 5.41) is 0. The number of hydrogen-bond acceptors (Lipinski definition) is 2. The SMILES string of the molecule is C=CCCC(C)CCCS(=O)(=O)Cl. The second-order valence-electron chi connectivity index (χ2n) is 3.36. The summed E-state index contributed by atoms with van der Waals surface area (Å²) in [6.07, 6.45) is 5.53. The van der Waals surface area contributed by atoms with Crippen LogP contribution >= 0.6 is 10.7 Å². The molecule has 2 nitrogen and oxygen atoms in total. The highest BCUT2D eigenvalue weighted by molar-refractivity contribution is 8.13. The first kappa shape index (κ1) is 13.0. The molecule has 0 rings (SSSR count). The molecule has 0 aliphatic carbocycles. The van der Waals surface area contributed by atoms with Crippen molar-refractivity contribution >= 4 is 19.7 Å². The first-order chi connectivity index (χ1) is 5.95. The molecule has 13 heavy (non-hydrogen) atoms. The lowest BCUT2D eigenvalue weighted by molar-refractivity contribution is 0.490. The summed E-state index contributed by atoms with van der Waals surface area (Å²) in [6, 6.07) is 0. The fourth-order valence-electron chi connectivity index (χ4n) is 1.15. The van der Waals surface area contributed by atoms with E-state index in [2.05, 4.69) is 13.5 Å². The first-order valence-corrected chi connectivity index (χ1v) is 6.97. The van der Waals surface area contributed by atoms with Crippen LogP contribution in [-0.2, 0) is 9.05 Å². The third kappa shape index (κ3) is 9.90. The molecule has 0 aromatic heterocycles. The molecule has 0 aromatic rings. The number of halogens is 1. The van der Waals surface area contributed by atoms with Gasteiger partial charge in [-0.25, -0.2) is 8.42 Å². The molecule has 0 amide bonds. The largest absolute Gasteiger partial charge is 0.232 e. The average molecular weight is 225 g/mol. The normalized spacial score (nSPS) is 14.0. The molecule has 0 heterocycles. The smallest absolute Gasteiger partial charge is 0.212 e. The summed E-state index contributed by atoms with van der Waals surface area (Å²) in [7, 11) is 1.79. The van der Waals surface area contributed by atoms with Crippen LogP contribution in [0.3, 0.4) is 0 Å². The third-order valence-corrected chi connectivity index (χ3v) is 3.19. The molecule has 0 saturated heterocycles. The van der Waals surface area contributed by atoms with Gasteiger partial charge in [0.1, 0.15) is 0 Å². The fraction of sp³-hybridized carbons (Fsp3) is 0.778. The second kappa shape index (κ2) is 6.44. The van der Waals surface area contributed by atoms with E-state index < -0.39 is 9.05 Å². The Morgan fingerprint density at radius 2 is 2.08 bits per heavy atom. The Labute approximate surface area is 85.4 Å².